The fourth-order valence-electron chi connectivity index (χ4n) is 1.72. The average Bonchev–Trinajstić information content (AvgIpc) is 2.66. The monoisotopic (exact) mass is 254 g/mol. The maximum atomic E-state index is 12.5. The number of amidine groups is 1. The molecule has 0 amide bonds. The zero-order valence-corrected chi connectivity index (χ0v) is 9.19. The first-order valence-corrected chi connectivity index (χ1v) is 5.64. The van der Waals surface area contributed by atoms with E-state index in [0.717, 1.165) is 11.8 Å². The summed E-state index contributed by atoms with van der Waals surface area (Å²) in [7, 11) is 1.64. The molecule has 0 aromatic rings. The molecule has 5 atom stereocenters. The number of aliphatic hydroxyl groups is 2. The third-order valence-electron chi connectivity index (χ3n) is 2.56. The van der Waals surface area contributed by atoms with Crippen LogP contribution in [0.15, 0.2) is 4.99 Å². The minimum atomic E-state index is -2.83. The van der Waals surface area contributed by atoms with Crippen molar-refractivity contribution in [2.45, 2.75) is 36.2 Å². The van der Waals surface area contributed by atoms with Crippen molar-refractivity contribution in [1.29, 1.82) is 0 Å². The highest BCUT2D eigenvalue weighted by atomic mass is 32.2. The molecule has 5 nitrogen and oxygen atoms in total. The van der Waals surface area contributed by atoms with Crippen LogP contribution < -0.4 is 5.32 Å². The van der Waals surface area contributed by atoms with E-state index in [-0.39, 0.29) is 0 Å². The Hall–Kier alpha value is -0.440. The normalized spacial score (nSPS) is 43.1. The van der Waals surface area contributed by atoms with Crippen molar-refractivity contribution in [3.8, 4) is 0 Å². The Morgan fingerprint density at radius 3 is 2.69 bits per heavy atom. The van der Waals surface area contributed by atoms with E-state index in [9.17, 15) is 19.0 Å². The number of rotatable bonds is 1. The predicted octanol–water partition coefficient (Wildman–Crippen LogP) is -0.611. The first-order valence-electron chi connectivity index (χ1n) is 4.76. The summed E-state index contributed by atoms with van der Waals surface area (Å²) in [4.78, 5) is 4.04. The molecule has 2 aliphatic heterocycles. The number of nitrogens with one attached hydrogen (secondary N) is 1. The van der Waals surface area contributed by atoms with Crippen molar-refractivity contribution in [3.63, 3.8) is 0 Å². The predicted molar refractivity (Wildman–Crippen MR) is 54.6 cm³/mol. The third-order valence-corrected chi connectivity index (χ3v) is 3.72. The number of fused-ring (bicyclic) bond motifs is 1. The summed E-state index contributed by atoms with van der Waals surface area (Å²) < 4.78 is 30.1. The van der Waals surface area contributed by atoms with Gasteiger partial charge in [0.15, 0.2) is 5.17 Å². The molecule has 0 aromatic heterocycles. The third kappa shape index (κ3) is 1.90. The lowest BCUT2D eigenvalue weighted by atomic mass is 9.98. The smallest absolute Gasteiger partial charge is 0.267 e. The highest BCUT2D eigenvalue weighted by Crippen LogP contribution is 2.37. The molecule has 0 spiro atoms. The molecule has 0 saturated carbocycles. The molecule has 8 heteroatoms. The number of hydrogen-bond donors (Lipinski definition) is 3. The van der Waals surface area contributed by atoms with Crippen LogP contribution in [-0.4, -0.2) is 58.6 Å². The van der Waals surface area contributed by atoms with Crippen molar-refractivity contribution in [2.24, 2.45) is 4.99 Å². The van der Waals surface area contributed by atoms with Gasteiger partial charge in [0.05, 0.1) is 0 Å². The second-order valence-electron chi connectivity index (χ2n) is 3.58. The van der Waals surface area contributed by atoms with E-state index in [1.165, 1.54) is 0 Å². The van der Waals surface area contributed by atoms with Crippen LogP contribution in [0.5, 0.6) is 0 Å². The Kier molecular flexibility index (Phi) is 3.34. The number of halogens is 2. The van der Waals surface area contributed by atoms with Crippen LogP contribution in [0.4, 0.5) is 8.78 Å². The van der Waals surface area contributed by atoms with Crippen LogP contribution in [0, 0.1) is 0 Å². The van der Waals surface area contributed by atoms with E-state index >= 15 is 0 Å². The lowest BCUT2D eigenvalue weighted by Gasteiger charge is -2.37. The highest BCUT2D eigenvalue weighted by molar-refractivity contribution is 8.14. The fourth-order valence-corrected chi connectivity index (χ4v) is 2.78. The maximum Gasteiger partial charge on any atom is 0.267 e. The zero-order valence-electron chi connectivity index (χ0n) is 8.38. The van der Waals surface area contributed by atoms with Gasteiger partial charge in [0.1, 0.15) is 29.8 Å². The van der Waals surface area contributed by atoms with Crippen LogP contribution in [-0.2, 0) is 4.74 Å². The lowest BCUT2D eigenvalue weighted by Crippen LogP contribution is -2.56. The molecule has 0 aromatic carbocycles. The molecule has 0 bridgehead atoms. The van der Waals surface area contributed by atoms with Crippen molar-refractivity contribution < 1.29 is 23.7 Å². The summed E-state index contributed by atoms with van der Waals surface area (Å²) in [5.74, 6) is 0. The van der Waals surface area contributed by atoms with Gasteiger partial charge in [-0.15, -0.1) is 0 Å². The zero-order chi connectivity index (χ0) is 11.9. The van der Waals surface area contributed by atoms with E-state index in [4.69, 9.17) is 4.74 Å². The Labute approximate surface area is 94.9 Å². The van der Waals surface area contributed by atoms with Gasteiger partial charge in [0, 0.05) is 7.05 Å². The van der Waals surface area contributed by atoms with Gasteiger partial charge in [-0.1, -0.05) is 11.8 Å². The minimum Gasteiger partial charge on any atom is -0.388 e. The van der Waals surface area contributed by atoms with Gasteiger partial charge < -0.3 is 20.3 Å². The summed E-state index contributed by atoms with van der Waals surface area (Å²) in [5, 5.41) is 22.4. The van der Waals surface area contributed by atoms with Gasteiger partial charge in [-0.2, -0.15) is 0 Å². The number of aliphatic hydroxyl groups excluding tert-OH is 2. The summed E-state index contributed by atoms with van der Waals surface area (Å²) in [6, 6.07) is -0.697. The first-order chi connectivity index (χ1) is 7.54. The van der Waals surface area contributed by atoms with Gasteiger partial charge in [-0.05, 0) is 0 Å². The van der Waals surface area contributed by atoms with Crippen LogP contribution in [0.1, 0.15) is 0 Å². The van der Waals surface area contributed by atoms with Gasteiger partial charge in [-0.3, -0.25) is 4.99 Å². The lowest BCUT2D eigenvalue weighted by molar-refractivity contribution is -0.193. The molecule has 2 aliphatic rings. The summed E-state index contributed by atoms with van der Waals surface area (Å²) in [6.07, 6.45) is -7.42. The van der Waals surface area contributed by atoms with Crippen LogP contribution in [0.2, 0.25) is 0 Å². The van der Waals surface area contributed by atoms with E-state index in [2.05, 4.69) is 10.3 Å². The van der Waals surface area contributed by atoms with Crippen molar-refractivity contribution in [3.05, 3.63) is 0 Å². The quantitative estimate of drug-likeness (QED) is 0.582. The molecule has 2 rings (SSSR count). The van der Waals surface area contributed by atoms with Crippen LogP contribution >= 0.6 is 11.8 Å². The second kappa shape index (κ2) is 4.44. The first kappa shape index (κ1) is 12.0. The molecule has 3 N–H and O–H groups in total. The Morgan fingerprint density at radius 2 is 2.12 bits per heavy atom. The molecular weight excluding hydrogens is 242 g/mol. The minimum absolute atomic E-state index is 0.510. The largest absolute Gasteiger partial charge is 0.388 e. The van der Waals surface area contributed by atoms with E-state index in [1.54, 1.807) is 7.05 Å². The Bertz CT molecular complexity index is 305. The molecule has 1 saturated heterocycles. The SMILES string of the molecule is CNC1=N[C@@H]2[C@@H](O)[C@H](O)[C@@H](C(F)F)O[C@@H]2S1. The van der Waals surface area contributed by atoms with Gasteiger partial charge >= 0.3 is 0 Å². The molecule has 16 heavy (non-hydrogen) atoms. The van der Waals surface area contributed by atoms with Crippen molar-refractivity contribution >= 4 is 16.9 Å². The highest BCUT2D eigenvalue weighted by Gasteiger charge is 2.50. The summed E-state index contributed by atoms with van der Waals surface area (Å²) in [6.45, 7) is 0. The molecule has 1 fully saturated rings. The standard InChI is InChI=1S/C8H12F2N2O3S/c1-11-8-12-2-3(13)4(14)5(6(9)10)15-7(2)16-8/h2-7,13-14H,1H3,(H,11,12)/t2-,3-,4+,5+,7-/m1/s1. The maximum absolute atomic E-state index is 12.5. The van der Waals surface area contributed by atoms with Gasteiger partial charge in [-0.25, -0.2) is 8.78 Å². The van der Waals surface area contributed by atoms with Crippen molar-refractivity contribution in [1.82, 2.24) is 5.32 Å². The number of alkyl halides is 2. The van der Waals surface area contributed by atoms with Crippen molar-refractivity contribution in [2.75, 3.05) is 7.05 Å². The number of thioether (sulfide) groups is 1. The Morgan fingerprint density at radius 1 is 1.44 bits per heavy atom. The fraction of sp³-hybridized carbons (Fsp3) is 0.875. The molecule has 0 unspecified atom stereocenters. The molecule has 92 valence electrons. The van der Waals surface area contributed by atoms with Gasteiger partial charge in [0.25, 0.3) is 6.43 Å². The second-order valence-corrected chi connectivity index (χ2v) is 4.66. The number of ether oxygens (including phenoxy) is 1. The van der Waals surface area contributed by atoms with Crippen LogP contribution in [0.25, 0.3) is 0 Å². The topological polar surface area (TPSA) is 74.1 Å². The summed E-state index contributed by atoms with van der Waals surface area (Å²) >= 11 is 1.13. The number of nitrogens with zero attached hydrogens (tertiary/aromatic N) is 1. The molecule has 0 radical (unpaired) electrons. The number of aliphatic imine (C=N–C) groups is 1. The molecular formula is C8H12F2N2O3S. The Balaban J connectivity index is 2.14. The number of hydrogen-bond acceptors (Lipinski definition) is 6. The van der Waals surface area contributed by atoms with E-state index < -0.39 is 36.2 Å². The molecule has 0 aliphatic carbocycles. The van der Waals surface area contributed by atoms with E-state index in [1.807, 2.05) is 0 Å². The summed E-state index contributed by atoms with van der Waals surface area (Å²) in [5.41, 5.74) is -0.667. The molecule has 2 heterocycles. The van der Waals surface area contributed by atoms with Crippen LogP contribution in [0.3, 0.4) is 0 Å². The average molecular weight is 254 g/mol. The van der Waals surface area contributed by atoms with E-state index in [0.29, 0.717) is 5.17 Å². The van der Waals surface area contributed by atoms with Gasteiger partial charge in [0.2, 0.25) is 0 Å².